The van der Waals surface area contributed by atoms with Crippen LogP contribution in [0.5, 0.6) is 0 Å². The summed E-state index contributed by atoms with van der Waals surface area (Å²) in [5.41, 5.74) is 13.2. The Labute approximate surface area is 843 Å². The van der Waals surface area contributed by atoms with E-state index in [-0.39, 0.29) is 88.9 Å². The van der Waals surface area contributed by atoms with E-state index in [1.165, 1.54) is 32.9 Å². The highest BCUT2D eigenvalue weighted by atomic mass is 28.4. The van der Waals surface area contributed by atoms with Crippen molar-refractivity contribution < 1.29 is 128 Å². The Morgan fingerprint density at radius 2 is 0.847 bits per heavy atom. The molecule has 0 spiro atoms. The molecule has 30 nitrogen and oxygen atoms in total. The number of esters is 6. The lowest BCUT2D eigenvalue weighted by molar-refractivity contribution is -0.392. The first kappa shape index (κ1) is 108. The van der Waals surface area contributed by atoms with Crippen LogP contribution in [0.4, 0.5) is 0 Å². The number of carbonyl (C=O) groups excluding carboxylic acids is 6. The summed E-state index contributed by atoms with van der Waals surface area (Å²) in [4.78, 5) is 89.1. The molecule has 0 aromatic heterocycles. The van der Waals surface area contributed by atoms with Crippen molar-refractivity contribution in [3.8, 4) is 0 Å². The fourth-order valence-corrected chi connectivity index (χ4v) is 24.2. The van der Waals surface area contributed by atoms with Gasteiger partial charge in [0.1, 0.15) is 61.5 Å². The topological polar surface area (TPSA) is 345 Å². The summed E-state index contributed by atoms with van der Waals surface area (Å²) in [5.74, 6) is -10.4. The summed E-state index contributed by atoms with van der Waals surface area (Å²) in [5, 5.41) is 5.01. The average molecular weight is 2000 g/mol. The Morgan fingerprint density at radius 1 is 0.424 bits per heavy atom. The van der Waals surface area contributed by atoms with E-state index in [4.69, 9.17) is 99.2 Å². The maximum atomic E-state index is 15.8. The van der Waals surface area contributed by atoms with Crippen LogP contribution in [0.15, 0.2) is 278 Å². The van der Waals surface area contributed by atoms with Crippen LogP contribution in [0.25, 0.3) is 10.4 Å². The standard InChI is InChI=1S/C113H135N3O27Si/c1-14-89(130-77(7)117)100(132-79(9)119)98-74(4)90(131-78(8)118)63-113(13,142-98)143-102-101(137-106(121)85-53-34-20-35-54-85)93(70-128-105(120)84-51-32-19-33-52-84)136-111(104(102)138-107(122)86-55-36-21-37-56-86)139-95-72(2)73(3)108(134-94(95)71-129-144(112(10,11)12,87-57-38-22-39-58-87)88-59-40-23-41-60-88)141-97-75(5)91(68-123-64-80-43-24-15-25-44-80)133-110(103(97)127-67-83-49-30-18-31-50-83)140-96-76(6)99(126-66-82-47-28-17-29-48-82)109(125-62-42-61-115-116-114)135-92(96)69-124-65-81-45-26-16-27-46-81/h15-41,43-60,72-76,89-104,108-111H,14,42,61-71H2,1-13H3/t72-,73?,74-,75+,76+,89-,90-,91?,92?,93?,94?,95+,96+,97+,98?,99?,100-,101+,102+,103?,104?,108+,109-,110+,111+,113-/m1/s1. The molecule has 9 aromatic rings. The van der Waals surface area contributed by atoms with Crippen LogP contribution in [-0.4, -0.2) is 212 Å². The molecule has 768 valence electrons. The van der Waals surface area contributed by atoms with Crippen molar-refractivity contribution in [1.29, 1.82) is 0 Å². The van der Waals surface area contributed by atoms with Crippen molar-refractivity contribution >= 4 is 54.5 Å². The summed E-state index contributed by atoms with van der Waals surface area (Å²) in [6.07, 6.45) is -25.3. The highest BCUT2D eigenvalue weighted by Crippen LogP contribution is 2.48. The normalized spacial score (nSPS) is 28.0. The van der Waals surface area contributed by atoms with Gasteiger partial charge in [0.25, 0.3) is 8.32 Å². The molecule has 5 heterocycles. The third kappa shape index (κ3) is 28.3. The molecular formula is C113H135N3O27Si. The summed E-state index contributed by atoms with van der Waals surface area (Å²) in [6.45, 7) is 23.3. The lowest BCUT2D eigenvalue weighted by atomic mass is 9.83. The van der Waals surface area contributed by atoms with Crippen LogP contribution in [-0.2, 0) is 140 Å². The average Bonchev–Trinajstić information content (AvgIpc) is 0.742. The van der Waals surface area contributed by atoms with Gasteiger partial charge in [-0.25, -0.2) is 14.4 Å². The van der Waals surface area contributed by atoms with Crippen molar-refractivity contribution in [3.05, 3.63) is 322 Å². The molecule has 9 aromatic carbocycles. The number of hydrogen-bond donors (Lipinski definition) is 0. The molecule has 0 radical (unpaired) electrons. The van der Waals surface area contributed by atoms with E-state index in [0.717, 1.165) is 32.6 Å². The number of carbonyl (C=O) groups is 6. The molecule has 5 saturated heterocycles. The van der Waals surface area contributed by atoms with Crippen molar-refractivity contribution in [2.45, 2.75) is 269 Å². The van der Waals surface area contributed by atoms with Gasteiger partial charge in [-0.15, -0.1) is 0 Å². The SMILES string of the molecule is CC[C@@H](OC(C)=O)[C@@H](OC(C)=O)C1O[C@](C)(O[C@@H]2C(OC(=O)c3ccccc3)[C@H](O[C@@H]3C(CO[Si](c4ccccc4)(c4ccccc4)C(C)(C)C)O[C@@H](O[C@@H]4C(OCc5ccccc5)[C@H](O[C@@H]5C(COCc6ccccc6)O[C@@H](OCCCN=[N+]=[N-])C(OCc6ccccc6)[C@H]5C)OC(COCc5ccccc5)[C@@H]4C)C(C)[C@H]3C)OC(COC(=O)c3ccccc3)[C@@H]2OC(=O)c2ccccc2)C[C@@H](OC(C)=O)[C@H]1C. The molecule has 0 bridgehead atoms. The van der Waals surface area contributed by atoms with Crippen LogP contribution >= 0.6 is 0 Å². The minimum atomic E-state index is -3.64. The van der Waals surface area contributed by atoms with Crippen molar-refractivity contribution in [1.82, 2.24) is 0 Å². The van der Waals surface area contributed by atoms with E-state index in [0.29, 0.717) is 6.42 Å². The van der Waals surface area contributed by atoms with Gasteiger partial charge in [0.2, 0.25) is 0 Å². The van der Waals surface area contributed by atoms with Gasteiger partial charge in [0.05, 0.1) is 87.4 Å². The van der Waals surface area contributed by atoms with Gasteiger partial charge >= 0.3 is 35.8 Å². The van der Waals surface area contributed by atoms with E-state index >= 15 is 9.59 Å². The second kappa shape index (κ2) is 52.2. The maximum absolute atomic E-state index is 15.8. The second-order valence-corrected chi connectivity index (χ2v) is 43.0. The van der Waals surface area contributed by atoms with Gasteiger partial charge in [-0.05, 0) is 105 Å². The van der Waals surface area contributed by atoms with Gasteiger partial charge in [-0.1, -0.05) is 304 Å². The quantitative estimate of drug-likeness (QED) is 0.00650. The molecule has 5 fully saturated rings. The Kier molecular flexibility index (Phi) is 39.3. The fourth-order valence-electron chi connectivity index (χ4n) is 19.7. The smallest absolute Gasteiger partial charge is 0.338 e. The summed E-state index contributed by atoms with van der Waals surface area (Å²) >= 11 is 0. The number of benzene rings is 9. The molecule has 31 heteroatoms. The van der Waals surface area contributed by atoms with Crippen molar-refractivity contribution in [3.63, 3.8) is 0 Å². The largest absolute Gasteiger partial charge is 0.462 e. The molecule has 0 saturated carbocycles. The third-order valence-corrected chi connectivity index (χ3v) is 32.3. The molecule has 9 unspecified atom stereocenters. The lowest BCUT2D eigenvalue weighted by Gasteiger charge is -2.53. The van der Waals surface area contributed by atoms with Crippen LogP contribution in [0, 0.1) is 29.6 Å². The highest BCUT2D eigenvalue weighted by molar-refractivity contribution is 6.99. The fraction of sp³-hybridized carbons (Fsp3) is 0.469. The first-order chi connectivity index (χ1) is 69.6. The number of azide groups is 1. The Bertz CT molecular complexity index is 5500. The molecule has 5 aliphatic rings. The summed E-state index contributed by atoms with van der Waals surface area (Å²) < 4.78 is 149. The van der Waals surface area contributed by atoms with Gasteiger partial charge in [0.15, 0.2) is 49.3 Å². The molecule has 5 aliphatic heterocycles. The van der Waals surface area contributed by atoms with E-state index in [1.54, 1.807) is 99.6 Å². The van der Waals surface area contributed by atoms with Crippen LogP contribution in [0.3, 0.4) is 0 Å². The Balaban J connectivity index is 0.918. The highest BCUT2D eigenvalue weighted by Gasteiger charge is 2.62. The molecular weight excluding hydrogens is 1860 g/mol. The molecule has 0 aliphatic carbocycles. The molecule has 14 rings (SSSR count). The molecule has 26 atom stereocenters. The molecule has 0 N–H and O–H groups in total. The second-order valence-electron chi connectivity index (χ2n) is 38.7. The minimum absolute atomic E-state index is 0.00712. The Morgan fingerprint density at radius 3 is 1.34 bits per heavy atom. The van der Waals surface area contributed by atoms with Crippen LogP contribution in [0.1, 0.15) is 163 Å². The number of nitrogens with zero attached hydrogens (tertiary/aromatic N) is 3. The zero-order chi connectivity index (χ0) is 102. The van der Waals surface area contributed by atoms with Crippen LogP contribution in [0.2, 0.25) is 5.04 Å². The monoisotopic (exact) mass is 1990 g/mol. The van der Waals surface area contributed by atoms with Crippen molar-refractivity contribution in [2.75, 3.05) is 39.6 Å². The van der Waals surface area contributed by atoms with Gasteiger partial charge in [0, 0.05) is 68.9 Å². The van der Waals surface area contributed by atoms with Gasteiger partial charge < -0.3 is 99.2 Å². The number of rotatable bonds is 45. The maximum Gasteiger partial charge on any atom is 0.338 e. The van der Waals surface area contributed by atoms with E-state index in [9.17, 15) is 24.7 Å². The number of hydrogen-bond acceptors (Lipinski definition) is 28. The number of ether oxygens (including phenoxy) is 20. The first-order valence-electron chi connectivity index (χ1n) is 49.7. The summed E-state index contributed by atoms with van der Waals surface area (Å²) in [6, 6.07) is 83.8. The molecule has 144 heavy (non-hydrogen) atoms. The van der Waals surface area contributed by atoms with Crippen molar-refractivity contribution in [2.24, 2.45) is 34.7 Å². The zero-order valence-corrected chi connectivity index (χ0v) is 85.0. The van der Waals surface area contributed by atoms with E-state index < -0.39 is 214 Å². The minimum Gasteiger partial charge on any atom is -0.462 e. The van der Waals surface area contributed by atoms with E-state index in [1.807, 2.05) is 185 Å². The lowest BCUT2D eigenvalue weighted by Crippen LogP contribution is -2.69. The van der Waals surface area contributed by atoms with E-state index in [2.05, 4.69) is 55.1 Å². The summed E-state index contributed by atoms with van der Waals surface area (Å²) in [7, 11) is -3.64. The predicted molar refractivity (Wildman–Crippen MR) is 533 cm³/mol. The zero-order valence-electron chi connectivity index (χ0n) is 84.0. The predicted octanol–water partition coefficient (Wildman–Crippen LogP) is 17.5. The molecule has 0 amide bonds. The van der Waals surface area contributed by atoms with Gasteiger partial charge in [-0.3, -0.25) is 14.4 Å². The first-order valence-corrected chi connectivity index (χ1v) is 51.6. The van der Waals surface area contributed by atoms with Crippen LogP contribution < -0.4 is 10.4 Å². The Hall–Kier alpha value is -11.3. The van der Waals surface area contributed by atoms with Gasteiger partial charge in [-0.2, -0.15) is 0 Å². The third-order valence-electron chi connectivity index (χ3n) is 27.3.